The minimum atomic E-state index is -0.338. The number of nitriles is 2. The second-order valence-corrected chi connectivity index (χ2v) is 5.13. The minimum absolute atomic E-state index is 0.0296. The van der Waals surface area contributed by atoms with Crippen LogP contribution in [0.15, 0.2) is 24.3 Å². The van der Waals surface area contributed by atoms with E-state index in [4.69, 9.17) is 4.74 Å². The van der Waals surface area contributed by atoms with Crippen LogP contribution in [-0.4, -0.2) is 36.3 Å². The topological polar surface area (TPSA) is 63.3 Å². The van der Waals surface area contributed by atoms with E-state index in [1.165, 1.54) is 0 Å². The van der Waals surface area contributed by atoms with Gasteiger partial charge in [0, 0.05) is 13.1 Å². The van der Waals surface area contributed by atoms with Gasteiger partial charge in [0.1, 0.15) is 11.8 Å². The zero-order valence-corrected chi connectivity index (χ0v) is 11.4. The molecular weight excluding hydrogens is 252 g/mol. The molecule has 2 saturated heterocycles. The average molecular weight is 268 g/mol. The molecule has 2 heterocycles. The summed E-state index contributed by atoms with van der Waals surface area (Å²) in [6.45, 7) is 1.77. The zero-order valence-electron chi connectivity index (χ0n) is 11.4. The number of rotatable bonds is 2. The van der Waals surface area contributed by atoms with Crippen molar-refractivity contribution in [2.24, 2.45) is 5.92 Å². The van der Waals surface area contributed by atoms with E-state index in [1.807, 2.05) is 24.3 Å². The lowest BCUT2D eigenvalue weighted by Crippen LogP contribution is -2.35. The van der Waals surface area contributed by atoms with Crippen LogP contribution in [0.5, 0.6) is 5.75 Å². The van der Waals surface area contributed by atoms with E-state index in [9.17, 15) is 10.5 Å². The lowest BCUT2D eigenvalue weighted by Gasteiger charge is -2.25. The highest BCUT2D eigenvalue weighted by Crippen LogP contribution is 2.43. The lowest BCUT2D eigenvalue weighted by molar-refractivity contribution is 0.0383. The summed E-state index contributed by atoms with van der Waals surface area (Å²) in [5.41, 5.74) is 1.07. The third-order valence-corrected chi connectivity index (χ3v) is 4.17. The second kappa shape index (κ2) is 5.13. The summed E-state index contributed by atoms with van der Waals surface area (Å²) in [7, 11) is 1.64. The van der Waals surface area contributed by atoms with Gasteiger partial charge in [-0.3, -0.25) is 0 Å². The minimum Gasteiger partial charge on any atom is -0.497 e. The number of hydrogen-bond donors (Lipinski definition) is 0. The largest absolute Gasteiger partial charge is 0.497 e. The van der Waals surface area contributed by atoms with Crippen LogP contribution < -0.4 is 4.74 Å². The number of hydrogen-bond acceptors (Lipinski definition) is 5. The van der Waals surface area contributed by atoms with E-state index >= 15 is 0 Å². The number of methoxy groups -OCH3 is 1. The first-order valence-electron chi connectivity index (χ1n) is 6.76. The number of ether oxygens (including phenoxy) is 1. The van der Waals surface area contributed by atoms with Crippen molar-refractivity contribution in [3.8, 4) is 17.9 Å². The van der Waals surface area contributed by atoms with Crippen molar-refractivity contribution >= 4 is 0 Å². The third kappa shape index (κ3) is 1.84. The Morgan fingerprint density at radius 3 is 2.40 bits per heavy atom. The molecule has 2 fully saturated rings. The standard InChI is InChI=1S/C15H16N4O/c1-20-12-5-3-11(4-6-12)15-13(9-16)14(10-17)18-7-2-8-19(15)18/h3-6,13-15H,2,7-8H2,1H3/t13-,14+,15+/m1/s1. The second-order valence-electron chi connectivity index (χ2n) is 5.13. The van der Waals surface area contributed by atoms with Crippen molar-refractivity contribution in [2.75, 3.05) is 20.2 Å². The summed E-state index contributed by atoms with van der Waals surface area (Å²) in [6.07, 6.45) is 1.04. The number of benzene rings is 1. The molecule has 2 aliphatic rings. The Morgan fingerprint density at radius 2 is 1.80 bits per heavy atom. The Labute approximate surface area is 118 Å². The monoisotopic (exact) mass is 268 g/mol. The van der Waals surface area contributed by atoms with Gasteiger partial charge in [-0.25, -0.2) is 10.0 Å². The predicted molar refractivity (Wildman–Crippen MR) is 72.3 cm³/mol. The van der Waals surface area contributed by atoms with Crippen molar-refractivity contribution < 1.29 is 4.74 Å². The quantitative estimate of drug-likeness (QED) is 0.817. The van der Waals surface area contributed by atoms with Gasteiger partial charge >= 0.3 is 0 Å². The SMILES string of the molecule is COc1ccc([C@H]2[C@H](C#N)[C@H](C#N)N3CCCN23)cc1. The Bertz CT molecular complexity index is 571. The Hall–Kier alpha value is -2.08. The lowest BCUT2D eigenvalue weighted by atomic mass is 9.90. The summed E-state index contributed by atoms with van der Waals surface area (Å²) in [4.78, 5) is 0. The molecule has 1 aromatic carbocycles. The number of nitrogens with zero attached hydrogens (tertiary/aromatic N) is 4. The molecule has 20 heavy (non-hydrogen) atoms. The predicted octanol–water partition coefficient (Wildman–Crippen LogP) is 1.70. The molecule has 0 saturated carbocycles. The molecule has 5 heteroatoms. The molecule has 3 atom stereocenters. The van der Waals surface area contributed by atoms with Gasteiger partial charge in [0.05, 0.1) is 31.2 Å². The summed E-state index contributed by atoms with van der Waals surface area (Å²) in [5, 5.41) is 23.1. The molecule has 0 amide bonds. The molecule has 0 bridgehead atoms. The van der Waals surface area contributed by atoms with Gasteiger partial charge in [0.25, 0.3) is 0 Å². The fourth-order valence-corrected chi connectivity index (χ4v) is 3.26. The molecule has 0 unspecified atom stereocenters. The van der Waals surface area contributed by atoms with Crippen LogP contribution in [0.4, 0.5) is 0 Å². The van der Waals surface area contributed by atoms with Crippen LogP contribution in [0, 0.1) is 28.6 Å². The first-order chi connectivity index (χ1) is 9.80. The van der Waals surface area contributed by atoms with Crippen molar-refractivity contribution in [1.82, 2.24) is 10.0 Å². The van der Waals surface area contributed by atoms with Crippen LogP contribution >= 0.6 is 0 Å². The van der Waals surface area contributed by atoms with Crippen LogP contribution in [0.2, 0.25) is 0 Å². The van der Waals surface area contributed by atoms with Crippen LogP contribution in [0.25, 0.3) is 0 Å². The van der Waals surface area contributed by atoms with Crippen LogP contribution in [-0.2, 0) is 0 Å². The van der Waals surface area contributed by atoms with E-state index in [1.54, 1.807) is 7.11 Å². The summed E-state index contributed by atoms with van der Waals surface area (Å²) >= 11 is 0. The summed E-state index contributed by atoms with van der Waals surface area (Å²) < 4.78 is 5.17. The van der Waals surface area contributed by atoms with Gasteiger partial charge in [-0.05, 0) is 24.1 Å². The van der Waals surface area contributed by atoms with Crippen molar-refractivity contribution in [3.63, 3.8) is 0 Å². The first kappa shape index (κ1) is 12.9. The molecule has 0 aromatic heterocycles. The molecule has 2 aliphatic heterocycles. The summed E-state index contributed by atoms with van der Waals surface area (Å²) in [6, 6.07) is 12.1. The highest BCUT2D eigenvalue weighted by Gasteiger charge is 2.50. The maximum atomic E-state index is 9.48. The third-order valence-electron chi connectivity index (χ3n) is 4.17. The van der Waals surface area contributed by atoms with Crippen LogP contribution in [0.1, 0.15) is 18.0 Å². The maximum absolute atomic E-state index is 9.48. The zero-order chi connectivity index (χ0) is 14.1. The van der Waals surface area contributed by atoms with Crippen LogP contribution in [0.3, 0.4) is 0 Å². The van der Waals surface area contributed by atoms with Gasteiger partial charge in [0.15, 0.2) is 0 Å². The molecule has 0 N–H and O–H groups in total. The molecule has 5 nitrogen and oxygen atoms in total. The molecule has 0 aliphatic carbocycles. The fraction of sp³-hybridized carbons (Fsp3) is 0.467. The Kier molecular flexibility index (Phi) is 3.31. The highest BCUT2D eigenvalue weighted by molar-refractivity contribution is 5.32. The van der Waals surface area contributed by atoms with Gasteiger partial charge in [-0.2, -0.15) is 10.5 Å². The Balaban J connectivity index is 1.97. The van der Waals surface area contributed by atoms with E-state index in [2.05, 4.69) is 22.2 Å². The average Bonchev–Trinajstić information content (AvgIpc) is 3.06. The van der Waals surface area contributed by atoms with Gasteiger partial charge in [-0.15, -0.1) is 0 Å². The van der Waals surface area contributed by atoms with E-state index < -0.39 is 0 Å². The molecular formula is C15H16N4O. The van der Waals surface area contributed by atoms with E-state index in [0.29, 0.717) is 0 Å². The van der Waals surface area contributed by atoms with Gasteiger partial charge in [0.2, 0.25) is 0 Å². The Morgan fingerprint density at radius 1 is 1.10 bits per heavy atom. The normalized spacial score (nSPS) is 29.6. The van der Waals surface area contributed by atoms with Gasteiger partial charge < -0.3 is 4.74 Å². The van der Waals surface area contributed by atoms with E-state index in [0.717, 1.165) is 30.8 Å². The molecule has 3 rings (SSSR count). The fourth-order valence-electron chi connectivity index (χ4n) is 3.26. The van der Waals surface area contributed by atoms with Gasteiger partial charge in [-0.1, -0.05) is 12.1 Å². The van der Waals surface area contributed by atoms with Crippen molar-refractivity contribution in [2.45, 2.75) is 18.5 Å². The molecule has 0 spiro atoms. The number of hydrazine groups is 1. The molecule has 1 aromatic rings. The van der Waals surface area contributed by atoms with Crippen molar-refractivity contribution in [3.05, 3.63) is 29.8 Å². The smallest absolute Gasteiger partial charge is 0.129 e. The van der Waals surface area contributed by atoms with Crippen molar-refractivity contribution in [1.29, 1.82) is 10.5 Å². The maximum Gasteiger partial charge on any atom is 0.129 e. The summed E-state index contributed by atoms with van der Waals surface area (Å²) in [5.74, 6) is 0.490. The number of fused-ring (bicyclic) bond motifs is 1. The molecule has 102 valence electrons. The van der Waals surface area contributed by atoms with E-state index in [-0.39, 0.29) is 18.0 Å². The molecule has 0 radical (unpaired) electrons. The first-order valence-corrected chi connectivity index (χ1v) is 6.76. The highest BCUT2D eigenvalue weighted by atomic mass is 16.5.